The lowest BCUT2D eigenvalue weighted by atomic mass is 9.84. The molecule has 6 aromatic heterocycles. The van der Waals surface area contributed by atoms with E-state index in [1.165, 1.54) is 142 Å². The number of rotatable bonds is 8. The molecule has 0 spiro atoms. The fourth-order valence-corrected chi connectivity index (χ4v) is 14.1. The van der Waals surface area contributed by atoms with Gasteiger partial charge in [-0.2, -0.15) is 0 Å². The Morgan fingerprint density at radius 1 is 0.289 bits per heavy atom. The smallest absolute Gasteiger partial charge is 0.139 e. The summed E-state index contributed by atoms with van der Waals surface area (Å²) in [5, 5.41) is 14.8. The molecule has 6 heterocycles. The maximum absolute atomic E-state index is 6.92. The van der Waals surface area contributed by atoms with Crippen LogP contribution in [0.4, 0.5) is 0 Å². The van der Waals surface area contributed by atoms with Crippen molar-refractivity contribution in [1.29, 1.82) is 0 Å². The van der Waals surface area contributed by atoms with Crippen LogP contribution in [-0.2, 0) is 12.8 Å². The van der Waals surface area contributed by atoms with Gasteiger partial charge < -0.3 is 17.6 Å². The van der Waals surface area contributed by atoms with E-state index in [0.29, 0.717) is 0 Å². The van der Waals surface area contributed by atoms with Gasteiger partial charge in [0.05, 0.1) is 33.1 Å². The Bertz CT molecular complexity index is 4880. The minimum absolute atomic E-state index is 0.0366. The van der Waals surface area contributed by atoms with E-state index in [1.807, 2.05) is 0 Å². The lowest BCUT2D eigenvalue weighted by Gasteiger charge is -2.19. The van der Waals surface area contributed by atoms with Crippen molar-refractivity contribution in [3.63, 3.8) is 0 Å². The van der Waals surface area contributed by atoms with Crippen LogP contribution < -0.4 is 0 Å². The highest BCUT2D eigenvalue weighted by Gasteiger charge is 2.28. The molecule has 2 unspecified atom stereocenters. The molecule has 11 aromatic carbocycles. The van der Waals surface area contributed by atoms with Crippen LogP contribution in [0.1, 0.15) is 70.2 Å². The molecule has 17 aromatic rings. The predicted molar refractivity (Wildman–Crippen MR) is 317 cm³/mol. The van der Waals surface area contributed by atoms with Gasteiger partial charge in [-0.3, -0.25) is 0 Å². The number of fused-ring (bicyclic) bond motifs is 18. The molecule has 0 saturated heterocycles. The number of benzene rings is 11. The highest BCUT2D eigenvalue weighted by Crippen LogP contribution is 2.48. The van der Waals surface area contributed by atoms with Crippen molar-refractivity contribution in [3.8, 4) is 0 Å². The van der Waals surface area contributed by atoms with Crippen LogP contribution in [0.25, 0.3) is 120 Å². The molecule has 4 heteroatoms. The van der Waals surface area contributed by atoms with E-state index in [-0.39, 0.29) is 11.8 Å². The fourth-order valence-electron chi connectivity index (χ4n) is 14.1. The zero-order valence-corrected chi connectivity index (χ0v) is 42.1. The fraction of sp³-hybridized carbons (Fsp3) is 0.0833. The first kappa shape index (κ1) is 42.0. The third-order valence-electron chi connectivity index (χ3n) is 17.4. The zero-order valence-electron chi connectivity index (χ0n) is 42.1. The van der Waals surface area contributed by atoms with Crippen LogP contribution >= 0.6 is 0 Å². The van der Waals surface area contributed by atoms with E-state index >= 15 is 0 Å². The molecule has 0 aliphatic rings. The molecule has 0 bridgehead atoms. The number of aromatic nitrogens is 2. The van der Waals surface area contributed by atoms with E-state index in [2.05, 4.69) is 241 Å². The van der Waals surface area contributed by atoms with E-state index in [4.69, 9.17) is 8.83 Å². The average Bonchev–Trinajstić information content (AvgIpc) is 4.50. The summed E-state index contributed by atoms with van der Waals surface area (Å²) in [6.45, 7) is 4.41. The zero-order chi connectivity index (χ0) is 49.9. The summed E-state index contributed by atoms with van der Waals surface area (Å²) in [6.07, 6.45) is 1.84. The van der Waals surface area contributed by atoms with Gasteiger partial charge >= 0.3 is 0 Å². The standard InChI is InChI=1S/C72H48N2O2/c1-3-41-21-11-27-51-53-29-15-31-55(71(53)75-69(41)51)65(43-17-7-5-8-18-43)45-33-35-61-57(37-45)47-23-13-25-49-59-40-64-60(39-63(59)73(61)67(47)49)50-26-14-24-48-58-38-46(34-36-62(58)74(64)68(48)50)66(44-19-9-6-10-20-44)56-32-16-30-54-52-28-12-22-42(4-2)70(52)76-72(54)56/h5-40,65-66H,3-4H2,1-2H3. The Labute approximate surface area is 436 Å². The molecule has 0 aliphatic carbocycles. The molecule has 0 radical (unpaired) electrons. The molecule has 0 N–H and O–H groups in total. The van der Waals surface area contributed by atoms with Gasteiger partial charge in [0.15, 0.2) is 0 Å². The van der Waals surface area contributed by atoms with Crippen molar-refractivity contribution in [1.82, 2.24) is 8.80 Å². The van der Waals surface area contributed by atoms with Gasteiger partial charge in [-0.25, -0.2) is 0 Å². The van der Waals surface area contributed by atoms with Gasteiger partial charge in [-0.05, 0) is 82.6 Å². The third-order valence-corrected chi connectivity index (χ3v) is 17.4. The summed E-state index contributed by atoms with van der Waals surface area (Å²) in [4.78, 5) is 0. The molecule has 0 saturated carbocycles. The number of furan rings is 2. The van der Waals surface area contributed by atoms with Gasteiger partial charge in [0.25, 0.3) is 0 Å². The molecular formula is C72H48N2O2. The molecule has 358 valence electrons. The van der Waals surface area contributed by atoms with Crippen LogP contribution in [0.5, 0.6) is 0 Å². The van der Waals surface area contributed by atoms with E-state index < -0.39 is 0 Å². The first-order valence-electron chi connectivity index (χ1n) is 26.9. The van der Waals surface area contributed by atoms with E-state index in [1.54, 1.807) is 0 Å². The normalized spacial score (nSPS) is 13.4. The summed E-state index contributed by atoms with van der Waals surface area (Å²) < 4.78 is 18.9. The second-order valence-electron chi connectivity index (χ2n) is 21.1. The topological polar surface area (TPSA) is 35.1 Å². The number of nitrogens with zero attached hydrogens (tertiary/aromatic N) is 2. The molecule has 0 aliphatic heterocycles. The average molecular weight is 973 g/mol. The predicted octanol–water partition coefficient (Wildman–Crippen LogP) is 19.3. The van der Waals surface area contributed by atoms with Crippen LogP contribution in [0.2, 0.25) is 0 Å². The van der Waals surface area contributed by atoms with Crippen molar-refractivity contribution in [2.45, 2.75) is 38.5 Å². The van der Waals surface area contributed by atoms with Crippen LogP contribution in [0.3, 0.4) is 0 Å². The van der Waals surface area contributed by atoms with E-state index in [9.17, 15) is 0 Å². The Morgan fingerprint density at radius 2 is 0.645 bits per heavy atom. The first-order valence-corrected chi connectivity index (χ1v) is 26.9. The molecule has 76 heavy (non-hydrogen) atoms. The van der Waals surface area contributed by atoms with Crippen molar-refractivity contribution >= 4 is 120 Å². The summed E-state index contributed by atoms with van der Waals surface area (Å²) in [7, 11) is 0. The summed E-state index contributed by atoms with van der Waals surface area (Å²) in [5.41, 5.74) is 21.2. The summed E-state index contributed by atoms with van der Waals surface area (Å²) in [6, 6.07) is 81.5. The maximum Gasteiger partial charge on any atom is 0.139 e. The number of hydrogen-bond acceptors (Lipinski definition) is 2. The molecule has 17 rings (SSSR count). The molecule has 0 fully saturated rings. The van der Waals surface area contributed by atoms with Gasteiger partial charge in [-0.15, -0.1) is 0 Å². The third kappa shape index (κ3) is 5.57. The van der Waals surface area contributed by atoms with E-state index in [0.717, 1.165) is 35.2 Å². The number of para-hydroxylation sites is 6. The molecule has 0 amide bonds. The monoisotopic (exact) mass is 972 g/mol. The van der Waals surface area contributed by atoms with Crippen LogP contribution in [0.15, 0.2) is 227 Å². The Morgan fingerprint density at radius 3 is 1.05 bits per heavy atom. The number of aryl methyl sites for hydroxylation is 2. The second-order valence-corrected chi connectivity index (χ2v) is 21.1. The second kappa shape index (κ2) is 15.6. The van der Waals surface area contributed by atoms with Crippen molar-refractivity contribution < 1.29 is 8.83 Å². The summed E-state index contributed by atoms with van der Waals surface area (Å²) >= 11 is 0. The SMILES string of the molecule is CCc1cccc2c1oc1c(C(c3ccccc3)c3ccc4c(c3)c3cccc5c6cc7c(cc6n4c35)c3cccc4c5cc(C(c6ccccc6)c6cccc8c6oc6c(CC)cccc68)ccc5n7c43)cccc12. The van der Waals surface area contributed by atoms with Gasteiger partial charge in [0.2, 0.25) is 0 Å². The highest BCUT2D eigenvalue weighted by atomic mass is 16.3. The minimum atomic E-state index is -0.0366. The molecule has 2 atom stereocenters. The largest absolute Gasteiger partial charge is 0.455 e. The lowest BCUT2D eigenvalue weighted by Crippen LogP contribution is -2.04. The van der Waals surface area contributed by atoms with Crippen molar-refractivity contribution in [2.75, 3.05) is 0 Å². The quantitative estimate of drug-likeness (QED) is 0.142. The minimum Gasteiger partial charge on any atom is -0.455 e. The number of hydrogen-bond donors (Lipinski definition) is 0. The van der Waals surface area contributed by atoms with Crippen LogP contribution in [-0.4, -0.2) is 8.80 Å². The van der Waals surface area contributed by atoms with Crippen molar-refractivity contribution in [2.24, 2.45) is 0 Å². The molecular weight excluding hydrogens is 925 g/mol. The highest BCUT2D eigenvalue weighted by molar-refractivity contribution is 6.29. The summed E-state index contributed by atoms with van der Waals surface area (Å²) in [5.74, 6) is -0.0733. The Hall–Kier alpha value is -9.38. The lowest BCUT2D eigenvalue weighted by molar-refractivity contribution is 0.655. The van der Waals surface area contributed by atoms with Gasteiger partial charge in [0.1, 0.15) is 22.3 Å². The molecule has 4 nitrogen and oxygen atoms in total. The van der Waals surface area contributed by atoms with Crippen molar-refractivity contribution in [3.05, 3.63) is 263 Å². The van der Waals surface area contributed by atoms with Gasteiger partial charge in [-0.1, -0.05) is 196 Å². The Kier molecular flexibility index (Phi) is 8.61. The Balaban J connectivity index is 0.852. The maximum atomic E-state index is 6.92. The van der Waals surface area contributed by atoms with Crippen LogP contribution in [0, 0.1) is 0 Å². The first-order chi connectivity index (χ1) is 37.6. The van der Waals surface area contributed by atoms with Gasteiger partial charge in [0, 0.05) is 87.6 Å².